The van der Waals surface area contributed by atoms with Gasteiger partial charge in [0, 0.05) is 7.11 Å². The summed E-state index contributed by atoms with van der Waals surface area (Å²) in [6.45, 7) is 13.1. The van der Waals surface area contributed by atoms with Crippen molar-refractivity contribution in [3.8, 4) is 0 Å². The third-order valence-corrected chi connectivity index (χ3v) is 17.1. The van der Waals surface area contributed by atoms with E-state index >= 15 is 0 Å². The maximum absolute atomic E-state index is 5.53. The predicted octanol–water partition coefficient (Wildman–Crippen LogP) is 2.35. The first-order chi connectivity index (χ1) is 4.37. The van der Waals surface area contributed by atoms with Crippen LogP contribution in [0.4, 0.5) is 0 Å². The Hall–Kier alpha value is 0.134. The molecule has 0 aromatic carbocycles. The Bertz CT molecular complexity index is 128. The van der Waals surface area contributed by atoms with Crippen LogP contribution in [0.5, 0.6) is 0 Å². The van der Waals surface area contributed by atoms with Crippen LogP contribution in [0.1, 0.15) is 0 Å². The van der Waals surface area contributed by atoms with Gasteiger partial charge in [-0.15, -0.1) is 6.58 Å². The van der Waals surface area contributed by atoms with Gasteiger partial charge in [0.05, 0.1) is 7.59 Å². The van der Waals surface area contributed by atoms with Crippen molar-refractivity contribution in [3.63, 3.8) is 0 Å². The highest BCUT2D eigenvalue weighted by atomic mass is 29.3. The minimum atomic E-state index is -1.50. The van der Waals surface area contributed by atoms with E-state index in [0.717, 1.165) is 0 Å². The first-order valence-corrected chi connectivity index (χ1v) is 10.5. The van der Waals surface area contributed by atoms with Crippen molar-refractivity contribution in [1.29, 1.82) is 0 Å². The van der Waals surface area contributed by atoms with Crippen molar-refractivity contribution in [3.05, 3.63) is 12.3 Å². The molecular weight excluding hydrogens is 156 g/mol. The van der Waals surface area contributed by atoms with Gasteiger partial charge in [0.15, 0.2) is 7.83 Å². The highest BCUT2D eigenvalue weighted by Crippen LogP contribution is 2.19. The monoisotopic (exact) mass is 174 g/mol. The van der Waals surface area contributed by atoms with Gasteiger partial charge < -0.3 is 4.43 Å². The van der Waals surface area contributed by atoms with Crippen molar-refractivity contribution < 1.29 is 4.43 Å². The Morgan fingerprint density at radius 1 is 1.20 bits per heavy atom. The molecule has 0 bridgehead atoms. The minimum absolute atomic E-state index is 1.11. The summed E-state index contributed by atoms with van der Waals surface area (Å²) in [5, 5.41) is 0. The zero-order valence-corrected chi connectivity index (χ0v) is 9.69. The molecule has 1 nitrogen and oxygen atoms in total. The summed E-state index contributed by atoms with van der Waals surface area (Å²) in [5.74, 6) is 0. The third-order valence-electron chi connectivity index (χ3n) is 2.30. The molecule has 0 rings (SSSR count). The molecular formula is C7H18OSi2. The second-order valence-electron chi connectivity index (χ2n) is 3.77. The normalized spacial score (nSPS) is 18.1. The average Bonchev–Trinajstić information content (AvgIpc) is 1.84. The van der Waals surface area contributed by atoms with Gasteiger partial charge in [-0.1, -0.05) is 25.3 Å². The van der Waals surface area contributed by atoms with E-state index in [1.807, 2.05) is 7.11 Å². The predicted molar refractivity (Wildman–Crippen MR) is 52.2 cm³/mol. The van der Waals surface area contributed by atoms with E-state index in [9.17, 15) is 0 Å². The lowest BCUT2D eigenvalue weighted by molar-refractivity contribution is 0.424. The molecule has 0 N–H and O–H groups in total. The van der Waals surface area contributed by atoms with Crippen LogP contribution in [-0.4, -0.2) is 22.5 Å². The molecule has 0 aromatic heterocycles. The Labute approximate surface area is 66.0 Å². The lowest BCUT2D eigenvalue weighted by atomic mass is 11.3. The Morgan fingerprint density at radius 3 is 1.60 bits per heavy atom. The van der Waals surface area contributed by atoms with E-state index in [4.69, 9.17) is 4.43 Å². The summed E-state index contributed by atoms with van der Waals surface area (Å²) in [5.41, 5.74) is 2.05. The van der Waals surface area contributed by atoms with Gasteiger partial charge in [0.1, 0.15) is 0 Å². The van der Waals surface area contributed by atoms with Gasteiger partial charge in [-0.25, -0.2) is 0 Å². The van der Waals surface area contributed by atoms with Crippen LogP contribution in [0, 0.1) is 0 Å². The van der Waals surface area contributed by atoms with Gasteiger partial charge in [-0.2, -0.15) is 0 Å². The Kier molecular flexibility index (Phi) is 3.07. The maximum atomic E-state index is 5.53. The molecule has 3 heteroatoms. The van der Waals surface area contributed by atoms with Crippen molar-refractivity contribution in [2.45, 2.75) is 26.2 Å². The standard InChI is InChI=1S/C7H18OSi2/c1-7-10(6,8-2)9(3,4)5/h7H,1H2,2-6H3. The third kappa shape index (κ3) is 1.81. The average molecular weight is 174 g/mol. The largest absolute Gasteiger partial charge is 0.419 e. The molecule has 0 amide bonds. The van der Waals surface area contributed by atoms with Crippen LogP contribution < -0.4 is 0 Å². The smallest absolute Gasteiger partial charge is 0.198 e. The quantitative estimate of drug-likeness (QED) is 0.597. The molecule has 0 heterocycles. The number of rotatable bonds is 3. The first-order valence-electron chi connectivity index (χ1n) is 3.56. The highest BCUT2D eigenvalue weighted by Gasteiger charge is 2.39. The second kappa shape index (κ2) is 3.02. The summed E-state index contributed by atoms with van der Waals surface area (Å²) < 4.78 is 5.53. The van der Waals surface area contributed by atoms with Gasteiger partial charge in [0.25, 0.3) is 0 Å². The summed E-state index contributed by atoms with van der Waals surface area (Å²) in [6, 6.07) is 0. The number of hydrogen-bond acceptors (Lipinski definition) is 1. The lowest BCUT2D eigenvalue weighted by Gasteiger charge is -2.33. The molecule has 60 valence electrons. The van der Waals surface area contributed by atoms with Crippen molar-refractivity contribution in [2.75, 3.05) is 7.11 Å². The molecule has 0 saturated carbocycles. The van der Waals surface area contributed by atoms with Crippen LogP contribution in [0.25, 0.3) is 0 Å². The second-order valence-corrected chi connectivity index (χ2v) is 18.8. The van der Waals surface area contributed by atoms with Crippen molar-refractivity contribution >= 4 is 15.4 Å². The summed E-state index contributed by atoms with van der Waals surface area (Å²) in [6.07, 6.45) is 0. The SMILES string of the molecule is C=C[Si](C)(OC)[Si](C)(C)C. The van der Waals surface area contributed by atoms with Crippen molar-refractivity contribution in [1.82, 2.24) is 0 Å². The van der Waals surface area contributed by atoms with E-state index in [0.29, 0.717) is 0 Å². The lowest BCUT2D eigenvalue weighted by Crippen LogP contribution is -2.55. The van der Waals surface area contributed by atoms with Crippen LogP contribution in [0.3, 0.4) is 0 Å². The van der Waals surface area contributed by atoms with Crippen LogP contribution >= 0.6 is 0 Å². The Balaban J connectivity index is 4.48. The first kappa shape index (κ1) is 10.1. The van der Waals surface area contributed by atoms with Crippen molar-refractivity contribution in [2.24, 2.45) is 0 Å². The van der Waals surface area contributed by atoms with Gasteiger partial charge >= 0.3 is 0 Å². The summed E-state index contributed by atoms with van der Waals surface area (Å²) in [7, 11) is -0.797. The fourth-order valence-electron chi connectivity index (χ4n) is 0.696. The molecule has 0 radical (unpaired) electrons. The topological polar surface area (TPSA) is 9.23 Å². The molecule has 0 aliphatic heterocycles. The zero-order chi connectivity index (χ0) is 8.41. The highest BCUT2D eigenvalue weighted by molar-refractivity contribution is 7.40. The van der Waals surface area contributed by atoms with Crippen LogP contribution in [-0.2, 0) is 4.43 Å². The molecule has 1 atom stereocenters. The van der Waals surface area contributed by atoms with E-state index < -0.39 is 15.4 Å². The maximum Gasteiger partial charge on any atom is 0.198 e. The van der Waals surface area contributed by atoms with Gasteiger partial charge in [-0.05, 0) is 6.55 Å². The van der Waals surface area contributed by atoms with E-state index in [-0.39, 0.29) is 0 Å². The molecule has 1 unspecified atom stereocenters. The fraction of sp³-hybridized carbons (Fsp3) is 0.714. The molecule has 0 aromatic rings. The molecule has 0 saturated heterocycles. The van der Waals surface area contributed by atoms with Crippen LogP contribution in [0.15, 0.2) is 12.3 Å². The zero-order valence-electron chi connectivity index (χ0n) is 7.69. The summed E-state index contributed by atoms with van der Waals surface area (Å²) in [4.78, 5) is 0. The summed E-state index contributed by atoms with van der Waals surface area (Å²) >= 11 is 0. The van der Waals surface area contributed by atoms with Gasteiger partial charge in [-0.3, -0.25) is 0 Å². The Morgan fingerprint density at radius 2 is 1.60 bits per heavy atom. The van der Waals surface area contributed by atoms with Gasteiger partial charge in [0.2, 0.25) is 0 Å². The van der Waals surface area contributed by atoms with E-state index in [1.54, 1.807) is 0 Å². The molecule has 0 aliphatic carbocycles. The van der Waals surface area contributed by atoms with Crippen LogP contribution in [0.2, 0.25) is 26.2 Å². The van der Waals surface area contributed by atoms with E-state index in [2.05, 4.69) is 38.5 Å². The van der Waals surface area contributed by atoms with E-state index in [1.165, 1.54) is 0 Å². The molecule has 0 fully saturated rings. The fourth-order valence-corrected chi connectivity index (χ4v) is 5.76. The number of hydrogen-bond donors (Lipinski definition) is 0. The minimum Gasteiger partial charge on any atom is -0.419 e. The molecule has 10 heavy (non-hydrogen) atoms. The molecule has 0 spiro atoms. The molecule has 0 aliphatic rings.